The molecule has 0 fully saturated rings. The highest BCUT2D eigenvalue weighted by Crippen LogP contribution is 2.24. The molecule has 1 heterocycles. The van der Waals surface area contributed by atoms with E-state index in [1.54, 1.807) is 31.2 Å². The van der Waals surface area contributed by atoms with Gasteiger partial charge >= 0.3 is 5.97 Å². The zero-order valence-corrected chi connectivity index (χ0v) is 18.4. The van der Waals surface area contributed by atoms with E-state index in [9.17, 15) is 9.59 Å². The minimum Gasteiger partial charge on any atom is -0.494 e. The largest absolute Gasteiger partial charge is 0.494 e. The minimum absolute atomic E-state index is 0.175. The predicted molar refractivity (Wildman–Crippen MR) is 119 cm³/mol. The highest BCUT2D eigenvalue weighted by molar-refractivity contribution is 7.99. The summed E-state index contributed by atoms with van der Waals surface area (Å²) in [6, 6.07) is 14.2. The molecule has 3 rings (SSSR count). The maximum absolute atomic E-state index is 12.3. The van der Waals surface area contributed by atoms with E-state index in [2.05, 4.69) is 15.5 Å². The van der Waals surface area contributed by atoms with Crippen LogP contribution in [0, 0.1) is 0 Å². The molecule has 0 saturated heterocycles. The molecular weight excluding hydrogens is 416 g/mol. The van der Waals surface area contributed by atoms with Crippen LogP contribution in [0.2, 0.25) is 0 Å². The number of amides is 1. The van der Waals surface area contributed by atoms with Crippen molar-refractivity contribution in [3.63, 3.8) is 0 Å². The van der Waals surface area contributed by atoms with Crippen molar-refractivity contribution in [1.29, 1.82) is 0 Å². The van der Waals surface area contributed by atoms with Gasteiger partial charge in [0, 0.05) is 18.3 Å². The van der Waals surface area contributed by atoms with Crippen LogP contribution >= 0.6 is 11.8 Å². The van der Waals surface area contributed by atoms with E-state index in [0.29, 0.717) is 35.4 Å². The fourth-order valence-electron chi connectivity index (χ4n) is 2.79. The molecule has 1 N–H and O–H groups in total. The maximum atomic E-state index is 12.3. The summed E-state index contributed by atoms with van der Waals surface area (Å²) in [6.45, 7) is 4.62. The summed E-state index contributed by atoms with van der Waals surface area (Å²) < 4.78 is 12.3. The molecular formula is C22H24N4O4S. The first-order chi connectivity index (χ1) is 15.0. The number of aromatic nitrogens is 3. The van der Waals surface area contributed by atoms with Gasteiger partial charge in [0.1, 0.15) is 5.75 Å². The second-order valence-corrected chi connectivity index (χ2v) is 7.40. The van der Waals surface area contributed by atoms with Crippen molar-refractivity contribution in [2.75, 3.05) is 24.3 Å². The third-order valence-corrected chi connectivity index (χ3v) is 5.29. The lowest BCUT2D eigenvalue weighted by atomic mass is 10.2. The molecule has 2 aromatic carbocycles. The highest BCUT2D eigenvalue weighted by Gasteiger charge is 2.13. The van der Waals surface area contributed by atoms with E-state index >= 15 is 0 Å². The average Bonchev–Trinajstić information content (AvgIpc) is 3.14. The van der Waals surface area contributed by atoms with Crippen molar-refractivity contribution < 1.29 is 19.1 Å². The second-order valence-electron chi connectivity index (χ2n) is 6.46. The van der Waals surface area contributed by atoms with Gasteiger partial charge in [-0.25, -0.2) is 4.79 Å². The zero-order chi connectivity index (χ0) is 22.2. The molecule has 0 aliphatic rings. The fraction of sp³-hybridized carbons (Fsp3) is 0.273. The minimum atomic E-state index is -0.387. The Hall–Kier alpha value is -3.33. The Labute approximate surface area is 185 Å². The van der Waals surface area contributed by atoms with Gasteiger partial charge in [0.2, 0.25) is 5.91 Å². The molecule has 0 radical (unpaired) electrons. The van der Waals surface area contributed by atoms with Crippen molar-refractivity contribution in [2.24, 2.45) is 7.05 Å². The monoisotopic (exact) mass is 440 g/mol. The number of nitrogens with zero attached hydrogens (tertiary/aromatic N) is 3. The Morgan fingerprint density at radius 3 is 2.35 bits per heavy atom. The normalized spacial score (nSPS) is 10.5. The van der Waals surface area contributed by atoms with E-state index in [0.717, 1.165) is 11.3 Å². The molecule has 0 unspecified atom stereocenters. The molecule has 162 valence electrons. The summed E-state index contributed by atoms with van der Waals surface area (Å²) in [6.07, 6.45) is 0. The summed E-state index contributed by atoms with van der Waals surface area (Å²) >= 11 is 1.29. The van der Waals surface area contributed by atoms with E-state index in [-0.39, 0.29) is 17.6 Å². The summed E-state index contributed by atoms with van der Waals surface area (Å²) in [4.78, 5) is 24.0. The van der Waals surface area contributed by atoms with Crippen LogP contribution in [0.5, 0.6) is 5.75 Å². The first-order valence-electron chi connectivity index (χ1n) is 9.84. The van der Waals surface area contributed by atoms with Crippen LogP contribution in [-0.2, 0) is 16.6 Å². The number of benzene rings is 2. The van der Waals surface area contributed by atoms with Gasteiger partial charge in [-0.2, -0.15) is 0 Å². The van der Waals surface area contributed by atoms with Crippen LogP contribution in [0.4, 0.5) is 5.69 Å². The standard InChI is InChI=1S/C22H24N4O4S/c1-4-29-18-12-8-15(9-13-18)20-24-25-22(26(20)3)31-14-19(27)23-17-10-6-16(7-11-17)21(28)30-5-2/h6-13H,4-5,14H2,1-3H3,(H,23,27). The van der Waals surface area contributed by atoms with Gasteiger partial charge in [-0.05, 0) is 62.4 Å². The van der Waals surface area contributed by atoms with E-state index in [1.165, 1.54) is 11.8 Å². The lowest BCUT2D eigenvalue weighted by Crippen LogP contribution is -2.14. The highest BCUT2D eigenvalue weighted by atomic mass is 32.2. The summed E-state index contributed by atoms with van der Waals surface area (Å²) in [5.74, 6) is 1.12. The van der Waals surface area contributed by atoms with E-state index in [1.807, 2.05) is 42.8 Å². The number of carbonyl (C=O) groups is 2. The molecule has 9 heteroatoms. The third-order valence-electron chi connectivity index (χ3n) is 4.27. The van der Waals surface area contributed by atoms with Gasteiger partial charge in [-0.15, -0.1) is 10.2 Å². The van der Waals surface area contributed by atoms with Gasteiger partial charge in [-0.3, -0.25) is 4.79 Å². The number of ether oxygens (including phenoxy) is 2. The van der Waals surface area contributed by atoms with Crippen molar-refractivity contribution in [3.05, 3.63) is 54.1 Å². The molecule has 0 aliphatic heterocycles. The Morgan fingerprint density at radius 2 is 1.71 bits per heavy atom. The van der Waals surface area contributed by atoms with Crippen LogP contribution in [0.1, 0.15) is 24.2 Å². The number of esters is 1. The van der Waals surface area contributed by atoms with E-state index in [4.69, 9.17) is 9.47 Å². The molecule has 0 bridgehead atoms. The van der Waals surface area contributed by atoms with Crippen LogP contribution < -0.4 is 10.1 Å². The molecule has 1 amide bonds. The van der Waals surface area contributed by atoms with Crippen molar-refractivity contribution >= 4 is 29.3 Å². The van der Waals surface area contributed by atoms with Crippen LogP contribution in [0.25, 0.3) is 11.4 Å². The van der Waals surface area contributed by atoms with Crippen LogP contribution in [0.3, 0.4) is 0 Å². The van der Waals surface area contributed by atoms with Crippen molar-refractivity contribution in [3.8, 4) is 17.1 Å². The van der Waals surface area contributed by atoms with Gasteiger partial charge in [0.15, 0.2) is 11.0 Å². The number of rotatable bonds is 9. The molecule has 8 nitrogen and oxygen atoms in total. The Morgan fingerprint density at radius 1 is 1.00 bits per heavy atom. The number of thioether (sulfide) groups is 1. The first kappa shape index (κ1) is 22.4. The molecule has 3 aromatic rings. The second kappa shape index (κ2) is 10.6. The molecule has 0 aliphatic carbocycles. The predicted octanol–water partition coefficient (Wildman–Crippen LogP) is 3.79. The van der Waals surface area contributed by atoms with Crippen molar-refractivity contribution in [2.45, 2.75) is 19.0 Å². The molecule has 0 spiro atoms. The number of carbonyl (C=O) groups excluding carboxylic acids is 2. The smallest absolute Gasteiger partial charge is 0.338 e. The quantitative estimate of drug-likeness (QED) is 0.399. The third kappa shape index (κ3) is 5.85. The SMILES string of the molecule is CCOC(=O)c1ccc(NC(=O)CSc2nnc(-c3ccc(OCC)cc3)n2C)cc1. The van der Waals surface area contributed by atoms with Gasteiger partial charge in [0.05, 0.1) is 24.5 Å². The topological polar surface area (TPSA) is 95.3 Å². The van der Waals surface area contributed by atoms with Gasteiger partial charge in [0.25, 0.3) is 0 Å². The molecule has 0 atom stereocenters. The lowest BCUT2D eigenvalue weighted by Gasteiger charge is -2.07. The molecule has 1 aromatic heterocycles. The summed E-state index contributed by atoms with van der Waals surface area (Å²) in [5, 5.41) is 11.9. The number of hydrogen-bond donors (Lipinski definition) is 1. The van der Waals surface area contributed by atoms with E-state index < -0.39 is 0 Å². The van der Waals surface area contributed by atoms with Crippen LogP contribution in [-0.4, -0.2) is 45.6 Å². The number of nitrogens with one attached hydrogen (secondary N) is 1. The average molecular weight is 441 g/mol. The Kier molecular flexibility index (Phi) is 7.66. The van der Waals surface area contributed by atoms with Crippen molar-refractivity contribution in [1.82, 2.24) is 14.8 Å². The van der Waals surface area contributed by atoms with Crippen LogP contribution in [0.15, 0.2) is 53.7 Å². The lowest BCUT2D eigenvalue weighted by molar-refractivity contribution is -0.113. The zero-order valence-electron chi connectivity index (χ0n) is 17.6. The molecule has 31 heavy (non-hydrogen) atoms. The fourth-order valence-corrected chi connectivity index (χ4v) is 3.50. The van der Waals surface area contributed by atoms with Gasteiger partial charge in [-0.1, -0.05) is 11.8 Å². The molecule has 0 saturated carbocycles. The number of anilines is 1. The Balaban J connectivity index is 1.56. The maximum Gasteiger partial charge on any atom is 0.338 e. The van der Waals surface area contributed by atoms with Gasteiger partial charge < -0.3 is 19.4 Å². The summed E-state index contributed by atoms with van der Waals surface area (Å²) in [5.41, 5.74) is 1.96. The Bertz CT molecular complexity index is 1030. The summed E-state index contributed by atoms with van der Waals surface area (Å²) in [7, 11) is 1.86. The first-order valence-corrected chi connectivity index (χ1v) is 10.8. The number of hydrogen-bond acceptors (Lipinski definition) is 7.